The van der Waals surface area contributed by atoms with Gasteiger partial charge in [-0.05, 0) is 31.5 Å². The monoisotopic (exact) mass is 487 g/mol. The van der Waals surface area contributed by atoms with Crippen molar-refractivity contribution in [1.29, 1.82) is 0 Å². The number of rotatable bonds is 8. The molecule has 0 aromatic carbocycles. The molecule has 10 nitrogen and oxygen atoms in total. The molecule has 4 heterocycles. The summed E-state index contributed by atoms with van der Waals surface area (Å²) in [5.74, 6) is 0.0200. The number of pyridine rings is 2. The number of hydrogen-bond donors (Lipinski definition) is 2. The van der Waals surface area contributed by atoms with E-state index in [2.05, 4.69) is 35.3 Å². The molecule has 0 aliphatic rings. The van der Waals surface area contributed by atoms with E-state index in [4.69, 9.17) is 10.5 Å². The van der Waals surface area contributed by atoms with Gasteiger partial charge in [0, 0.05) is 30.3 Å². The van der Waals surface area contributed by atoms with Gasteiger partial charge in [0.25, 0.3) is 0 Å². The fourth-order valence-electron chi connectivity index (χ4n) is 3.53. The molecule has 4 aromatic heterocycles. The zero-order chi connectivity index (χ0) is 25.2. The highest BCUT2D eigenvalue weighted by molar-refractivity contribution is 5.91. The number of nitrogens with two attached hydrogens (primary N) is 1. The molecule has 0 bridgehead atoms. The molecule has 0 aliphatic heterocycles. The number of ether oxygens (including phenoxy) is 1. The van der Waals surface area contributed by atoms with Crippen LogP contribution in [0.2, 0.25) is 0 Å². The molecule has 0 amide bonds. The molecular weight excluding hydrogens is 463 g/mol. The van der Waals surface area contributed by atoms with E-state index in [-0.39, 0.29) is 29.3 Å². The first-order valence-corrected chi connectivity index (χ1v) is 10.8. The van der Waals surface area contributed by atoms with Gasteiger partial charge in [-0.25, -0.2) is 19.9 Å². The van der Waals surface area contributed by atoms with E-state index >= 15 is 0 Å². The highest BCUT2D eigenvalue weighted by Gasteiger charge is 2.28. The Kier molecular flexibility index (Phi) is 6.67. The Morgan fingerprint density at radius 3 is 2.54 bits per heavy atom. The predicted octanol–water partition coefficient (Wildman–Crippen LogP) is 3.83. The second kappa shape index (κ2) is 9.68. The van der Waals surface area contributed by atoms with E-state index in [1.807, 2.05) is 26.8 Å². The van der Waals surface area contributed by atoms with Crippen LogP contribution in [-0.4, -0.2) is 53.5 Å². The van der Waals surface area contributed by atoms with Crippen molar-refractivity contribution < 1.29 is 17.9 Å². The number of nitrogen functional groups attached to an aromatic ring is 1. The second-order valence-electron chi connectivity index (χ2n) is 8.26. The summed E-state index contributed by atoms with van der Waals surface area (Å²) in [6.07, 6.45) is 0.106. The van der Waals surface area contributed by atoms with Crippen LogP contribution in [0.3, 0.4) is 0 Å². The number of hydrogen-bond acceptors (Lipinski definition) is 9. The van der Waals surface area contributed by atoms with Gasteiger partial charge >= 0.3 is 6.18 Å². The zero-order valence-electron chi connectivity index (χ0n) is 19.3. The fourth-order valence-corrected chi connectivity index (χ4v) is 3.53. The summed E-state index contributed by atoms with van der Waals surface area (Å²) in [4.78, 5) is 21.2. The van der Waals surface area contributed by atoms with Crippen molar-refractivity contribution >= 4 is 22.8 Å². The topological polar surface area (TPSA) is 130 Å². The Balaban J connectivity index is 1.83. The molecule has 35 heavy (non-hydrogen) atoms. The standard InChI is InChI=1S/C22H24F3N9O/c1-12(2)35-17-5-4-14(7-28-17)16-6-15(13(3)8-34-11-27-10-30-34)18-19(31-16)20(33-21(26)32-18)29-9-22(23,24)25/h4-7,10-13H,8-9H2,1-3H3,(H3,26,29,32,33)/t13-/m0/s1. The molecule has 3 N–H and O–H groups in total. The van der Waals surface area contributed by atoms with Gasteiger partial charge in [0.15, 0.2) is 5.82 Å². The second-order valence-corrected chi connectivity index (χ2v) is 8.26. The summed E-state index contributed by atoms with van der Waals surface area (Å²) < 4.78 is 46.1. The molecule has 1 atom stereocenters. The number of aromatic nitrogens is 7. The minimum Gasteiger partial charge on any atom is -0.475 e. The summed E-state index contributed by atoms with van der Waals surface area (Å²) in [6, 6.07) is 5.32. The van der Waals surface area contributed by atoms with Crippen LogP contribution >= 0.6 is 0 Å². The molecule has 0 radical (unpaired) electrons. The Morgan fingerprint density at radius 2 is 1.91 bits per heavy atom. The maximum Gasteiger partial charge on any atom is 0.405 e. The van der Waals surface area contributed by atoms with E-state index in [9.17, 15) is 13.2 Å². The Hall–Kier alpha value is -4.03. The summed E-state index contributed by atoms with van der Waals surface area (Å²) in [5, 5.41) is 6.45. The Morgan fingerprint density at radius 1 is 1.11 bits per heavy atom. The van der Waals surface area contributed by atoms with Crippen LogP contribution in [0.25, 0.3) is 22.3 Å². The lowest BCUT2D eigenvalue weighted by molar-refractivity contribution is -0.115. The van der Waals surface area contributed by atoms with Gasteiger partial charge in [0.05, 0.1) is 11.8 Å². The van der Waals surface area contributed by atoms with Crippen LogP contribution in [0.5, 0.6) is 5.88 Å². The van der Waals surface area contributed by atoms with Gasteiger partial charge in [-0.1, -0.05) is 6.92 Å². The number of alkyl halides is 3. The van der Waals surface area contributed by atoms with Crippen molar-refractivity contribution in [3.8, 4) is 17.1 Å². The van der Waals surface area contributed by atoms with Gasteiger partial charge in [-0.2, -0.15) is 23.3 Å². The highest BCUT2D eigenvalue weighted by Crippen LogP contribution is 2.33. The molecule has 13 heteroatoms. The summed E-state index contributed by atoms with van der Waals surface area (Å²) in [5.41, 5.74) is 8.23. The summed E-state index contributed by atoms with van der Waals surface area (Å²) >= 11 is 0. The first-order valence-electron chi connectivity index (χ1n) is 10.8. The van der Waals surface area contributed by atoms with Gasteiger partial charge in [-0.3, -0.25) is 4.68 Å². The van der Waals surface area contributed by atoms with Gasteiger partial charge in [0.2, 0.25) is 11.8 Å². The fraction of sp³-hybridized carbons (Fsp3) is 0.364. The molecule has 184 valence electrons. The van der Waals surface area contributed by atoms with Crippen molar-refractivity contribution in [2.45, 2.75) is 45.5 Å². The SMILES string of the molecule is CC(C)Oc1ccc(-c2cc([C@@H](C)Cn3cncn3)c3nc(N)nc(NCC(F)(F)F)c3n2)cn1. The molecule has 0 aliphatic carbocycles. The number of fused-ring (bicyclic) bond motifs is 1. The zero-order valence-corrected chi connectivity index (χ0v) is 19.3. The largest absolute Gasteiger partial charge is 0.475 e. The van der Waals surface area contributed by atoms with Gasteiger partial charge in [0.1, 0.15) is 30.2 Å². The minimum atomic E-state index is -4.46. The third-order valence-electron chi connectivity index (χ3n) is 5.00. The Labute approximate surface area is 198 Å². The molecule has 0 saturated carbocycles. The lowest BCUT2D eigenvalue weighted by Gasteiger charge is -2.18. The van der Waals surface area contributed by atoms with Crippen LogP contribution in [0, 0.1) is 0 Å². The van der Waals surface area contributed by atoms with Crippen molar-refractivity contribution in [2.24, 2.45) is 0 Å². The van der Waals surface area contributed by atoms with Crippen molar-refractivity contribution in [3.63, 3.8) is 0 Å². The summed E-state index contributed by atoms with van der Waals surface area (Å²) in [6.45, 7) is 4.89. The average molecular weight is 487 g/mol. The quantitative estimate of drug-likeness (QED) is 0.381. The van der Waals surface area contributed by atoms with E-state index in [1.54, 1.807) is 29.3 Å². The first kappa shape index (κ1) is 24.1. The number of anilines is 2. The number of halogens is 3. The lowest BCUT2D eigenvalue weighted by Crippen LogP contribution is -2.22. The van der Waals surface area contributed by atoms with E-state index in [0.717, 1.165) is 0 Å². The third-order valence-corrected chi connectivity index (χ3v) is 5.00. The molecule has 4 aromatic rings. The van der Waals surface area contributed by atoms with E-state index in [0.29, 0.717) is 34.8 Å². The maximum atomic E-state index is 12.9. The van der Waals surface area contributed by atoms with Crippen LogP contribution in [0.4, 0.5) is 24.9 Å². The molecular formula is C22H24F3N9O. The normalized spacial score (nSPS) is 12.8. The predicted molar refractivity (Wildman–Crippen MR) is 124 cm³/mol. The number of nitrogens with zero attached hydrogens (tertiary/aromatic N) is 7. The highest BCUT2D eigenvalue weighted by atomic mass is 19.4. The van der Waals surface area contributed by atoms with Crippen molar-refractivity contribution in [1.82, 2.24) is 34.7 Å². The first-order chi connectivity index (χ1) is 16.6. The lowest BCUT2D eigenvalue weighted by atomic mass is 9.97. The van der Waals surface area contributed by atoms with Crippen LogP contribution in [0.15, 0.2) is 37.1 Å². The average Bonchev–Trinajstić information content (AvgIpc) is 3.29. The molecule has 0 saturated heterocycles. The molecule has 0 spiro atoms. The third kappa shape index (κ3) is 5.91. The molecule has 0 fully saturated rings. The van der Waals surface area contributed by atoms with Gasteiger partial charge < -0.3 is 15.8 Å². The van der Waals surface area contributed by atoms with Crippen LogP contribution in [0.1, 0.15) is 32.3 Å². The van der Waals surface area contributed by atoms with E-state index < -0.39 is 12.7 Å². The van der Waals surface area contributed by atoms with E-state index in [1.165, 1.54) is 6.33 Å². The molecule has 0 unspecified atom stereocenters. The minimum absolute atomic E-state index is 0.0405. The summed E-state index contributed by atoms with van der Waals surface area (Å²) in [7, 11) is 0. The smallest absolute Gasteiger partial charge is 0.405 e. The maximum absolute atomic E-state index is 12.9. The van der Waals surface area contributed by atoms with Gasteiger partial charge in [-0.15, -0.1) is 0 Å². The Bertz CT molecular complexity index is 1290. The van der Waals surface area contributed by atoms with Crippen LogP contribution < -0.4 is 15.8 Å². The van der Waals surface area contributed by atoms with Crippen LogP contribution in [-0.2, 0) is 6.54 Å². The van der Waals surface area contributed by atoms with Crippen molar-refractivity contribution in [3.05, 3.63) is 42.6 Å². The van der Waals surface area contributed by atoms with Crippen molar-refractivity contribution in [2.75, 3.05) is 17.6 Å². The number of nitrogens with one attached hydrogen (secondary N) is 1. The molecule has 4 rings (SSSR count).